The number of benzene rings is 2. The Morgan fingerprint density at radius 1 is 1.00 bits per heavy atom. The van der Waals surface area contributed by atoms with Crippen LogP contribution in [0.5, 0.6) is 0 Å². The molecule has 0 radical (unpaired) electrons. The fourth-order valence-electron chi connectivity index (χ4n) is 4.22. The van der Waals surface area contributed by atoms with Gasteiger partial charge in [0.05, 0.1) is 11.8 Å². The zero-order valence-corrected chi connectivity index (χ0v) is 17.8. The summed E-state index contributed by atoms with van der Waals surface area (Å²) in [6.07, 6.45) is 7.50. The molecule has 1 aliphatic heterocycles. The van der Waals surface area contributed by atoms with Gasteiger partial charge in [-0.25, -0.2) is 5.01 Å². The van der Waals surface area contributed by atoms with Gasteiger partial charge in [-0.1, -0.05) is 48.5 Å². The number of amides is 1. The Kier molecular flexibility index (Phi) is 5.93. The van der Waals surface area contributed by atoms with Crippen molar-refractivity contribution in [3.8, 4) is 0 Å². The number of nitrogens with zero attached hydrogens (tertiary/aromatic N) is 2. The maximum absolute atomic E-state index is 13.4. The molecule has 0 spiro atoms. The number of hydrogen-bond donors (Lipinski definition) is 0. The van der Waals surface area contributed by atoms with E-state index < -0.39 is 0 Å². The molecule has 1 heterocycles. The van der Waals surface area contributed by atoms with Crippen molar-refractivity contribution in [3.05, 3.63) is 81.6 Å². The molecule has 1 saturated carbocycles. The third-order valence-corrected chi connectivity index (χ3v) is 7.68. The summed E-state index contributed by atoms with van der Waals surface area (Å²) in [5.74, 6) is 0.235. The predicted molar refractivity (Wildman–Crippen MR) is 121 cm³/mol. The van der Waals surface area contributed by atoms with E-state index in [2.05, 4.69) is 24.6 Å². The molecule has 2 atom stereocenters. The normalized spacial score (nSPS) is 21.3. The molecule has 0 N–H and O–H groups in total. The van der Waals surface area contributed by atoms with Gasteiger partial charge in [0, 0.05) is 15.7 Å². The van der Waals surface area contributed by atoms with Gasteiger partial charge >= 0.3 is 0 Å². The molecular formula is C23H24N2OS2. The number of hydrogen-bond acceptors (Lipinski definition) is 4. The highest BCUT2D eigenvalue weighted by atomic mass is 32.2. The molecule has 0 aromatic heterocycles. The van der Waals surface area contributed by atoms with Crippen LogP contribution in [0.15, 0.2) is 75.6 Å². The summed E-state index contributed by atoms with van der Waals surface area (Å²) < 4.78 is 1.32. The first-order chi connectivity index (χ1) is 13.7. The van der Waals surface area contributed by atoms with Crippen LogP contribution in [0.3, 0.4) is 0 Å². The minimum Gasteiger partial charge on any atom is -0.267 e. The van der Waals surface area contributed by atoms with E-state index in [0.29, 0.717) is 5.56 Å². The van der Waals surface area contributed by atoms with Crippen LogP contribution in [-0.2, 0) is 0 Å². The van der Waals surface area contributed by atoms with Crippen molar-refractivity contribution >= 4 is 35.1 Å². The number of allylic oxidation sites excluding steroid dienone is 1. The summed E-state index contributed by atoms with van der Waals surface area (Å²) in [7, 11) is 0. The van der Waals surface area contributed by atoms with E-state index in [-0.39, 0.29) is 17.9 Å². The zero-order chi connectivity index (χ0) is 19.5. The van der Waals surface area contributed by atoms with Crippen LogP contribution in [-0.4, -0.2) is 29.1 Å². The van der Waals surface area contributed by atoms with Gasteiger partial charge in [-0.2, -0.15) is 5.10 Å². The quantitative estimate of drug-likeness (QED) is 0.624. The maximum Gasteiger partial charge on any atom is 0.274 e. The summed E-state index contributed by atoms with van der Waals surface area (Å²) in [4.78, 5) is 13.4. The van der Waals surface area contributed by atoms with Crippen LogP contribution in [0.1, 0.15) is 41.2 Å². The Bertz CT molecular complexity index is 903. The number of carbonyl (C=O) groups is 1. The lowest BCUT2D eigenvalue weighted by Gasteiger charge is -2.30. The first-order valence-corrected chi connectivity index (χ1v) is 12.0. The van der Waals surface area contributed by atoms with Gasteiger partial charge in [0.1, 0.15) is 0 Å². The second-order valence-corrected chi connectivity index (χ2v) is 8.92. The predicted octanol–water partition coefficient (Wildman–Crippen LogP) is 5.98. The smallest absolute Gasteiger partial charge is 0.267 e. The Labute approximate surface area is 175 Å². The van der Waals surface area contributed by atoms with E-state index in [0.717, 1.165) is 30.5 Å². The summed E-state index contributed by atoms with van der Waals surface area (Å²) in [6.45, 7) is 0. The van der Waals surface area contributed by atoms with Gasteiger partial charge in [0.25, 0.3) is 5.91 Å². The van der Waals surface area contributed by atoms with Gasteiger partial charge in [0.2, 0.25) is 0 Å². The number of hydrazone groups is 1. The molecule has 28 heavy (non-hydrogen) atoms. The van der Waals surface area contributed by atoms with Crippen LogP contribution >= 0.6 is 23.5 Å². The van der Waals surface area contributed by atoms with Crippen molar-refractivity contribution in [1.29, 1.82) is 0 Å². The second kappa shape index (κ2) is 8.58. The van der Waals surface area contributed by atoms with Crippen molar-refractivity contribution in [2.75, 3.05) is 12.5 Å². The third-order valence-electron chi connectivity index (χ3n) is 5.45. The van der Waals surface area contributed by atoms with Crippen molar-refractivity contribution < 1.29 is 4.79 Å². The highest BCUT2D eigenvalue weighted by molar-refractivity contribution is 8.21. The molecule has 2 aromatic rings. The summed E-state index contributed by atoms with van der Waals surface area (Å²) in [5.41, 5.74) is 4.29. The molecule has 144 valence electrons. The van der Waals surface area contributed by atoms with Crippen LogP contribution in [0.25, 0.3) is 0 Å². The molecule has 4 rings (SSSR count). The van der Waals surface area contributed by atoms with E-state index in [4.69, 9.17) is 5.10 Å². The number of carbonyl (C=O) groups excluding carboxylic acids is 1. The Morgan fingerprint density at radius 3 is 2.29 bits per heavy atom. The highest BCUT2D eigenvalue weighted by Crippen LogP contribution is 2.47. The van der Waals surface area contributed by atoms with Crippen molar-refractivity contribution in [1.82, 2.24) is 5.01 Å². The molecule has 1 fully saturated rings. The average Bonchev–Trinajstić information content (AvgIpc) is 3.15. The first kappa shape index (κ1) is 19.3. The van der Waals surface area contributed by atoms with Gasteiger partial charge < -0.3 is 0 Å². The lowest BCUT2D eigenvalue weighted by molar-refractivity contribution is 0.0681. The van der Waals surface area contributed by atoms with E-state index in [1.54, 1.807) is 28.5 Å². The SMILES string of the molecule is CSC(SC)=C1CCC[C@@H]2C1=NN(C(=O)c1ccccc1)[C@@H]2c1ccccc1. The maximum atomic E-state index is 13.4. The minimum atomic E-state index is -0.0378. The summed E-state index contributed by atoms with van der Waals surface area (Å²) in [5, 5.41) is 6.70. The van der Waals surface area contributed by atoms with E-state index in [9.17, 15) is 4.79 Å². The van der Waals surface area contributed by atoms with Crippen LogP contribution in [0.2, 0.25) is 0 Å². The van der Waals surface area contributed by atoms with Crippen LogP contribution in [0, 0.1) is 5.92 Å². The molecular weight excluding hydrogens is 384 g/mol. The van der Waals surface area contributed by atoms with E-state index >= 15 is 0 Å². The first-order valence-electron chi connectivity index (χ1n) is 9.58. The number of rotatable bonds is 4. The molecule has 0 saturated heterocycles. The fourth-order valence-corrected chi connectivity index (χ4v) is 5.80. The molecule has 5 heteroatoms. The molecule has 1 aliphatic carbocycles. The van der Waals surface area contributed by atoms with Crippen LogP contribution in [0.4, 0.5) is 0 Å². The lowest BCUT2D eigenvalue weighted by atomic mass is 9.78. The minimum absolute atomic E-state index is 0.0226. The van der Waals surface area contributed by atoms with Gasteiger partial charge in [-0.05, 0) is 55.0 Å². The van der Waals surface area contributed by atoms with E-state index in [1.807, 2.05) is 48.5 Å². The Balaban J connectivity index is 1.81. The monoisotopic (exact) mass is 408 g/mol. The largest absolute Gasteiger partial charge is 0.274 e. The fraction of sp³-hybridized carbons (Fsp3) is 0.304. The molecule has 1 amide bonds. The van der Waals surface area contributed by atoms with Gasteiger partial charge in [-0.3, -0.25) is 4.79 Å². The topological polar surface area (TPSA) is 32.7 Å². The van der Waals surface area contributed by atoms with Gasteiger partial charge in [-0.15, -0.1) is 23.5 Å². The standard InChI is InChI=1S/C23H24N2OS2/c1-27-23(28-2)19-15-9-14-18-20(19)24-25(21(18)16-10-5-3-6-11-16)22(26)17-12-7-4-8-13-17/h3-8,10-13,18,21H,9,14-15H2,1-2H3/t18-,21-/m1/s1. The number of fused-ring (bicyclic) bond motifs is 1. The zero-order valence-electron chi connectivity index (χ0n) is 16.2. The lowest BCUT2D eigenvalue weighted by Crippen LogP contribution is -2.32. The molecule has 2 aliphatic rings. The average molecular weight is 409 g/mol. The van der Waals surface area contributed by atoms with Crippen molar-refractivity contribution in [2.24, 2.45) is 11.0 Å². The number of thioether (sulfide) groups is 2. The highest BCUT2D eigenvalue weighted by Gasteiger charge is 2.44. The van der Waals surface area contributed by atoms with Crippen molar-refractivity contribution in [3.63, 3.8) is 0 Å². The third kappa shape index (κ3) is 3.53. The molecule has 0 unspecified atom stereocenters. The molecule has 3 nitrogen and oxygen atoms in total. The summed E-state index contributed by atoms with van der Waals surface area (Å²) >= 11 is 3.57. The van der Waals surface area contributed by atoms with Gasteiger partial charge in [0.15, 0.2) is 0 Å². The Morgan fingerprint density at radius 2 is 1.64 bits per heavy atom. The van der Waals surface area contributed by atoms with Crippen LogP contribution < -0.4 is 0 Å². The Hall–Kier alpha value is -1.98. The second-order valence-electron chi connectivity index (χ2n) is 7.03. The van der Waals surface area contributed by atoms with Crippen molar-refractivity contribution in [2.45, 2.75) is 25.3 Å². The molecule has 2 aromatic carbocycles. The summed E-state index contributed by atoms with van der Waals surface area (Å²) in [6, 6.07) is 19.8. The van der Waals surface area contributed by atoms with E-state index in [1.165, 1.54) is 9.81 Å². The molecule has 0 bridgehead atoms.